The van der Waals surface area contributed by atoms with E-state index >= 15 is 0 Å². The van der Waals surface area contributed by atoms with Gasteiger partial charge >= 0.3 is 6.18 Å². The maximum absolute atomic E-state index is 13.1. The van der Waals surface area contributed by atoms with Crippen molar-refractivity contribution in [3.05, 3.63) is 42.0 Å². The molecule has 0 aliphatic heterocycles. The summed E-state index contributed by atoms with van der Waals surface area (Å²) in [6.45, 7) is -0.0255. The number of carbonyl (C=O) groups excluding carboxylic acids is 1. The second-order valence-corrected chi connectivity index (χ2v) is 5.92. The first-order valence-corrected chi connectivity index (χ1v) is 7.65. The predicted octanol–water partition coefficient (Wildman–Crippen LogP) is 3.44. The first-order valence-electron chi connectivity index (χ1n) is 7.65. The number of carbonyl (C=O) groups is 1. The molecule has 0 unspecified atom stereocenters. The molecule has 0 aromatic heterocycles. The summed E-state index contributed by atoms with van der Waals surface area (Å²) in [6.07, 6.45) is -0.200. The van der Waals surface area contributed by atoms with Crippen LogP contribution in [0, 0.1) is 0 Å². The van der Waals surface area contributed by atoms with E-state index in [1.165, 1.54) is 24.3 Å². The van der Waals surface area contributed by atoms with E-state index in [1.807, 2.05) is 0 Å². The number of hydrogen-bond donors (Lipinski definition) is 2. The van der Waals surface area contributed by atoms with Crippen molar-refractivity contribution in [1.82, 2.24) is 5.32 Å². The van der Waals surface area contributed by atoms with E-state index < -0.39 is 23.3 Å². The van der Waals surface area contributed by atoms with Crippen molar-refractivity contribution >= 4 is 11.5 Å². The molecule has 6 heteroatoms. The van der Waals surface area contributed by atoms with E-state index in [0.29, 0.717) is 18.9 Å². The molecule has 126 valence electrons. The Morgan fingerprint density at radius 2 is 1.78 bits per heavy atom. The third kappa shape index (κ3) is 5.10. The molecule has 1 amide bonds. The first kappa shape index (κ1) is 17.5. The van der Waals surface area contributed by atoms with E-state index in [2.05, 4.69) is 5.32 Å². The van der Waals surface area contributed by atoms with Crippen LogP contribution in [0.5, 0.6) is 0 Å². The van der Waals surface area contributed by atoms with Gasteiger partial charge in [0.15, 0.2) is 0 Å². The molecule has 1 aliphatic rings. The summed E-state index contributed by atoms with van der Waals surface area (Å²) in [4.78, 5) is 11.9. The van der Waals surface area contributed by atoms with Crippen molar-refractivity contribution in [3.8, 4) is 0 Å². The van der Waals surface area contributed by atoms with Crippen LogP contribution in [-0.4, -0.2) is 29.3 Å². The Kier molecular flexibility index (Phi) is 5.46. The summed E-state index contributed by atoms with van der Waals surface area (Å²) in [5, 5.41) is 12.7. The molecule has 0 atom stereocenters. The van der Waals surface area contributed by atoms with Gasteiger partial charge in [-0.3, -0.25) is 4.79 Å². The van der Waals surface area contributed by atoms with Gasteiger partial charge in [-0.15, -0.1) is 0 Å². The second-order valence-electron chi connectivity index (χ2n) is 5.92. The molecule has 23 heavy (non-hydrogen) atoms. The first-order chi connectivity index (χ1) is 10.8. The minimum atomic E-state index is -4.62. The number of allylic oxidation sites excluding steroid dienone is 1. The summed E-state index contributed by atoms with van der Waals surface area (Å²) in [5.74, 6) is -0.847. The maximum Gasteiger partial charge on any atom is 0.417 e. The zero-order chi connectivity index (χ0) is 16.9. The maximum atomic E-state index is 13.1. The quantitative estimate of drug-likeness (QED) is 0.832. The Labute approximate surface area is 133 Å². The lowest BCUT2D eigenvalue weighted by Crippen LogP contribution is -2.43. The predicted molar refractivity (Wildman–Crippen MR) is 81.5 cm³/mol. The highest BCUT2D eigenvalue weighted by Crippen LogP contribution is 2.33. The Hall–Kier alpha value is -1.82. The van der Waals surface area contributed by atoms with E-state index in [1.54, 1.807) is 6.07 Å². The summed E-state index contributed by atoms with van der Waals surface area (Å²) < 4.78 is 39.4. The van der Waals surface area contributed by atoms with E-state index in [9.17, 15) is 23.1 Å². The number of amides is 1. The van der Waals surface area contributed by atoms with Gasteiger partial charge in [0.1, 0.15) is 0 Å². The fourth-order valence-electron chi connectivity index (χ4n) is 2.77. The molecule has 1 aromatic rings. The molecule has 0 bridgehead atoms. The number of halogens is 3. The molecule has 2 rings (SSSR count). The highest BCUT2D eigenvalue weighted by Gasteiger charge is 2.35. The molecule has 3 nitrogen and oxygen atoms in total. The largest absolute Gasteiger partial charge is 0.417 e. The lowest BCUT2D eigenvalue weighted by Gasteiger charge is -2.31. The zero-order valence-corrected chi connectivity index (χ0v) is 12.7. The van der Waals surface area contributed by atoms with Gasteiger partial charge in [0.25, 0.3) is 0 Å². The average Bonchev–Trinajstić information content (AvgIpc) is 2.51. The molecule has 1 saturated carbocycles. The van der Waals surface area contributed by atoms with E-state index in [-0.39, 0.29) is 12.1 Å². The van der Waals surface area contributed by atoms with Crippen LogP contribution >= 0.6 is 0 Å². The number of aliphatic hydroxyl groups is 1. The van der Waals surface area contributed by atoms with Crippen LogP contribution in [-0.2, 0) is 4.79 Å². The van der Waals surface area contributed by atoms with Gasteiger partial charge in [0.2, 0.25) is 5.91 Å². The van der Waals surface area contributed by atoms with Gasteiger partial charge in [-0.05, 0) is 18.4 Å². The topological polar surface area (TPSA) is 49.3 Å². The normalized spacial score (nSPS) is 18.5. The molecule has 1 aromatic carbocycles. The minimum Gasteiger partial charge on any atom is -0.388 e. The van der Waals surface area contributed by atoms with Gasteiger partial charge in [0, 0.05) is 12.6 Å². The third-order valence-electron chi connectivity index (χ3n) is 4.04. The van der Waals surface area contributed by atoms with Crippen LogP contribution in [0.2, 0.25) is 0 Å². The van der Waals surface area contributed by atoms with Crippen LogP contribution < -0.4 is 5.32 Å². The van der Waals surface area contributed by atoms with E-state index in [0.717, 1.165) is 19.3 Å². The summed E-state index contributed by atoms with van der Waals surface area (Å²) in [7, 11) is 0. The van der Waals surface area contributed by atoms with Crippen LogP contribution in [0.25, 0.3) is 5.57 Å². The van der Waals surface area contributed by atoms with Crippen molar-refractivity contribution in [2.75, 3.05) is 6.54 Å². The fraction of sp³-hybridized carbons (Fsp3) is 0.471. The number of alkyl halides is 3. The molecule has 2 N–H and O–H groups in total. The Morgan fingerprint density at radius 1 is 1.17 bits per heavy atom. The summed E-state index contributed by atoms with van der Waals surface area (Å²) >= 11 is 0. The number of nitrogens with one attached hydrogen (secondary N) is 1. The van der Waals surface area contributed by atoms with Crippen molar-refractivity contribution in [1.29, 1.82) is 0 Å². The van der Waals surface area contributed by atoms with Gasteiger partial charge in [0.05, 0.1) is 11.2 Å². The van der Waals surface area contributed by atoms with Crippen molar-refractivity contribution in [2.45, 2.75) is 43.9 Å². The lowest BCUT2D eigenvalue weighted by atomic mass is 9.85. The Bertz CT molecular complexity index is 561. The van der Waals surface area contributed by atoms with Crippen LogP contribution in [0.15, 0.2) is 36.4 Å². The average molecular weight is 327 g/mol. The second kappa shape index (κ2) is 7.17. The summed E-state index contributed by atoms with van der Waals surface area (Å²) in [5.41, 5.74) is -2.06. The molecule has 0 saturated heterocycles. The van der Waals surface area contributed by atoms with Crippen molar-refractivity contribution < 1.29 is 23.1 Å². The zero-order valence-electron chi connectivity index (χ0n) is 12.7. The number of benzene rings is 1. The number of rotatable bonds is 4. The number of hydrogen-bond acceptors (Lipinski definition) is 2. The van der Waals surface area contributed by atoms with Crippen LogP contribution in [0.3, 0.4) is 0 Å². The smallest absolute Gasteiger partial charge is 0.388 e. The highest BCUT2D eigenvalue weighted by atomic mass is 19.4. The molecular formula is C17H20F3NO2. The molecule has 0 spiro atoms. The summed E-state index contributed by atoms with van der Waals surface area (Å²) in [6, 6.07) is 7.19. The standard InChI is InChI=1S/C17H20F3NO2/c18-17(19,20)14(13-7-3-1-4-8-13)11-15(22)21-12-16(23)9-5-2-6-10-16/h1,3-4,7-8,11,23H,2,5-6,9-10,12H2,(H,21,22). The molecule has 1 fully saturated rings. The Balaban J connectivity index is 2.08. The van der Waals surface area contributed by atoms with Gasteiger partial charge in [-0.1, -0.05) is 49.6 Å². The monoisotopic (exact) mass is 327 g/mol. The molecular weight excluding hydrogens is 307 g/mol. The minimum absolute atomic E-state index is 0.0255. The van der Waals surface area contributed by atoms with Crippen LogP contribution in [0.4, 0.5) is 13.2 Å². The molecule has 0 radical (unpaired) electrons. The van der Waals surface area contributed by atoms with Crippen molar-refractivity contribution in [2.24, 2.45) is 0 Å². The Morgan fingerprint density at radius 3 is 2.35 bits per heavy atom. The lowest BCUT2D eigenvalue weighted by molar-refractivity contribution is -0.118. The highest BCUT2D eigenvalue weighted by molar-refractivity contribution is 5.96. The third-order valence-corrected chi connectivity index (χ3v) is 4.04. The van der Waals surface area contributed by atoms with Crippen LogP contribution in [0.1, 0.15) is 37.7 Å². The van der Waals surface area contributed by atoms with Gasteiger partial charge < -0.3 is 10.4 Å². The van der Waals surface area contributed by atoms with E-state index in [4.69, 9.17) is 0 Å². The fourth-order valence-corrected chi connectivity index (χ4v) is 2.77. The molecule has 0 heterocycles. The van der Waals surface area contributed by atoms with Gasteiger partial charge in [-0.25, -0.2) is 0 Å². The molecule has 1 aliphatic carbocycles. The SMILES string of the molecule is O=C(C=C(c1ccccc1)C(F)(F)F)NCC1(O)CCCCC1. The van der Waals surface area contributed by atoms with Crippen molar-refractivity contribution in [3.63, 3.8) is 0 Å². The van der Waals surface area contributed by atoms with Gasteiger partial charge in [-0.2, -0.15) is 13.2 Å².